The van der Waals surface area contributed by atoms with E-state index >= 15 is 0 Å². The minimum absolute atomic E-state index is 0.0195. The second kappa shape index (κ2) is 5.52. The van der Waals surface area contributed by atoms with Gasteiger partial charge in [-0.05, 0) is 40.5 Å². The number of fused-ring (bicyclic) bond motifs is 1. The first-order valence-corrected chi connectivity index (χ1v) is 7.69. The lowest BCUT2D eigenvalue weighted by molar-refractivity contribution is -0.119. The van der Waals surface area contributed by atoms with Crippen molar-refractivity contribution in [2.24, 2.45) is 0 Å². The molecule has 1 aromatic heterocycles. The van der Waals surface area contributed by atoms with Crippen molar-refractivity contribution >= 4 is 44.1 Å². The molecule has 0 spiro atoms. The van der Waals surface area contributed by atoms with E-state index < -0.39 is 0 Å². The maximum absolute atomic E-state index is 11.2. The summed E-state index contributed by atoms with van der Waals surface area (Å²) in [5, 5.41) is 3.93. The highest BCUT2D eigenvalue weighted by atomic mass is 79.9. The van der Waals surface area contributed by atoms with Crippen LogP contribution in [0.15, 0.2) is 28.9 Å². The van der Waals surface area contributed by atoms with E-state index in [-0.39, 0.29) is 11.9 Å². The van der Waals surface area contributed by atoms with Crippen molar-refractivity contribution in [3.05, 3.63) is 28.9 Å². The number of pyridine rings is 1. The molecule has 3 N–H and O–H groups in total. The van der Waals surface area contributed by atoms with Gasteiger partial charge in [-0.25, -0.2) is 0 Å². The number of nitrogens with two attached hydrogens (primary N) is 1. The fraction of sp³-hybridized carbons (Fsp3) is 0.333. The molecule has 110 valence electrons. The first kappa shape index (κ1) is 14.1. The van der Waals surface area contributed by atoms with Crippen LogP contribution in [0.2, 0.25) is 0 Å². The van der Waals surface area contributed by atoms with Crippen molar-refractivity contribution in [1.82, 2.24) is 10.3 Å². The molecule has 3 rings (SSSR count). The average Bonchev–Trinajstić information content (AvgIpc) is 2.87. The van der Waals surface area contributed by atoms with Crippen LogP contribution in [-0.2, 0) is 4.79 Å². The molecular formula is C15H17BrN4O. The van der Waals surface area contributed by atoms with Crippen LogP contribution in [0.25, 0.3) is 10.9 Å². The quantitative estimate of drug-likeness (QED) is 0.817. The van der Waals surface area contributed by atoms with Gasteiger partial charge in [0.25, 0.3) is 0 Å². The Hall–Kier alpha value is -1.82. The number of anilines is 2. The van der Waals surface area contributed by atoms with Crippen LogP contribution in [0, 0.1) is 0 Å². The molecular weight excluding hydrogens is 332 g/mol. The lowest BCUT2D eigenvalue weighted by atomic mass is 10.1. The van der Waals surface area contributed by atoms with E-state index in [0.29, 0.717) is 0 Å². The molecule has 0 bridgehead atoms. The molecule has 0 saturated carbocycles. The van der Waals surface area contributed by atoms with E-state index in [2.05, 4.69) is 31.1 Å². The molecule has 1 aliphatic rings. The van der Waals surface area contributed by atoms with Crippen LogP contribution in [0.1, 0.15) is 13.3 Å². The normalized spacial score (nSPS) is 18.2. The van der Waals surface area contributed by atoms with Gasteiger partial charge in [-0.15, -0.1) is 0 Å². The van der Waals surface area contributed by atoms with E-state index in [9.17, 15) is 4.79 Å². The van der Waals surface area contributed by atoms with Gasteiger partial charge < -0.3 is 16.0 Å². The number of aromatic nitrogens is 1. The van der Waals surface area contributed by atoms with Gasteiger partial charge >= 0.3 is 0 Å². The first-order chi connectivity index (χ1) is 10.0. The number of rotatable bonds is 2. The van der Waals surface area contributed by atoms with Gasteiger partial charge in [0.1, 0.15) is 0 Å². The Kier molecular flexibility index (Phi) is 3.71. The Balaban J connectivity index is 1.95. The lowest BCUT2D eigenvalue weighted by Crippen LogP contribution is -2.35. The number of benzene rings is 1. The summed E-state index contributed by atoms with van der Waals surface area (Å²) in [4.78, 5) is 17.9. The largest absolute Gasteiger partial charge is 0.398 e. The van der Waals surface area contributed by atoms with Crippen molar-refractivity contribution in [2.75, 3.05) is 23.7 Å². The summed E-state index contributed by atoms with van der Waals surface area (Å²) in [6.45, 7) is 3.26. The highest BCUT2D eigenvalue weighted by Crippen LogP contribution is 2.32. The minimum atomic E-state index is 0.0195. The molecule has 21 heavy (non-hydrogen) atoms. The van der Waals surface area contributed by atoms with Gasteiger partial charge in [0, 0.05) is 47.8 Å². The molecule has 1 saturated heterocycles. The summed E-state index contributed by atoms with van der Waals surface area (Å²) in [5.41, 5.74) is 8.75. The molecule has 0 radical (unpaired) electrons. The summed E-state index contributed by atoms with van der Waals surface area (Å²) in [6.07, 6.45) is 2.73. The maximum atomic E-state index is 11.2. The average molecular weight is 349 g/mol. The van der Waals surface area contributed by atoms with E-state index in [1.807, 2.05) is 18.2 Å². The predicted molar refractivity (Wildman–Crippen MR) is 88.3 cm³/mol. The SMILES string of the molecule is CC(=O)NC1CCN(c2ccc(N)c3cc(Br)cnc23)C1. The van der Waals surface area contributed by atoms with Gasteiger partial charge in [-0.2, -0.15) is 0 Å². The summed E-state index contributed by atoms with van der Waals surface area (Å²) in [7, 11) is 0. The third kappa shape index (κ3) is 2.81. The van der Waals surface area contributed by atoms with E-state index in [0.717, 1.165) is 46.3 Å². The Labute approximate surface area is 131 Å². The number of carbonyl (C=O) groups excluding carboxylic acids is 1. The van der Waals surface area contributed by atoms with Crippen molar-refractivity contribution < 1.29 is 4.79 Å². The smallest absolute Gasteiger partial charge is 0.217 e. The monoisotopic (exact) mass is 348 g/mol. The zero-order chi connectivity index (χ0) is 15.0. The molecule has 0 aliphatic carbocycles. The van der Waals surface area contributed by atoms with Crippen LogP contribution in [0.4, 0.5) is 11.4 Å². The molecule has 1 fully saturated rings. The molecule has 6 heteroatoms. The van der Waals surface area contributed by atoms with Crippen LogP contribution < -0.4 is 16.0 Å². The fourth-order valence-corrected chi connectivity index (χ4v) is 3.17. The summed E-state index contributed by atoms with van der Waals surface area (Å²) in [5.74, 6) is 0.0195. The van der Waals surface area contributed by atoms with Crippen molar-refractivity contribution in [3.8, 4) is 0 Å². The molecule has 1 aliphatic heterocycles. The second-order valence-corrected chi connectivity index (χ2v) is 6.27. The highest BCUT2D eigenvalue weighted by Gasteiger charge is 2.24. The van der Waals surface area contributed by atoms with Crippen LogP contribution in [0.3, 0.4) is 0 Å². The Bertz CT molecular complexity index is 703. The number of amides is 1. The number of hydrogen-bond acceptors (Lipinski definition) is 4. The predicted octanol–water partition coefficient (Wildman–Crippen LogP) is 2.29. The van der Waals surface area contributed by atoms with Gasteiger partial charge in [0.2, 0.25) is 5.91 Å². The fourth-order valence-electron chi connectivity index (χ4n) is 2.84. The lowest BCUT2D eigenvalue weighted by Gasteiger charge is -2.21. The van der Waals surface area contributed by atoms with E-state index in [4.69, 9.17) is 5.73 Å². The molecule has 5 nitrogen and oxygen atoms in total. The zero-order valence-corrected chi connectivity index (χ0v) is 13.4. The van der Waals surface area contributed by atoms with Crippen molar-refractivity contribution in [1.29, 1.82) is 0 Å². The molecule has 1 atom stereocenters. The standard InChI is InChI=1S/C15H17BrN4O/c1-9(21)19-11-4-5-20(8-11)14-3-2-13(17)12-6-10(16)7-18-15(12)14/h2-3,6-7,11H,4-5,8,17H2,1H3,(H,19,21). The summed E-state index contributed by atoms with van der Waals surface area (Å²) >= 11 is 3.43. The number of nitrogens with zero attached hydrogens (tertiary/aromatic N) is 2. The Morgan fingerprint density at radius 1 is 1.52 bits per heavy atom. The van der Waals surface area contributed by atoms with E-state index in [1.54, 1.807) is 13.1 Å². The Morgan fingerprint density at radius 3 is 3.10 bits per heavy atom. The molecule has 2 heterocycles. The molecule has 2 aromatic rings. The van der Waals surface area contributed by atoms with Crippen LogP contribution in [0.5, 0.6) is 0 Å². The summed E-state index contributed by atoms with van der Waals surface area (Å²) < 4.78 is 0.913. The van der Waals surface area contributed by atoms with Crippen molar-refractivity contribution in [2.45, 2.75) is 19.4 Å². The molecule has 1 aromatic carbocycles. The first-order valence-electron chi connectivity index (χ1n) is 6.90. The van der Waals surface area contributed by atoms with Crippen LogP contribution in [-0.4, -0.2) is 30.0 Å². The van der Waals surface area contributed by atoms with Gasteiger partial charge in [0.05, 0.1) is 11.2 Å². The minimum Gasteiger partial charge on any atom is -0.398 e. The third-order valence-corrected chi connectivity index (χ3v) is 4.20. The number of nitrogen functional groups attached to an aromatic ring is 1. The molecule has 1 amide bonds. The van der Waals surface area contributed by atoms with E-state index in [1.165, 1.54) is 0 Å². The third-order valence-electron chi connectivity index (χ3n) is 3.77. The summed E-state index contributed by atoms with van der Waals surface area (Å²) in [6, 6.07) is 6.11. The number of hydrogen-bond donors (Lipinski definition) is 2. The second-order valence-electron chi connectivity index (χ2n) is 5.36. The Morgan fingerprint density at radius 2 is 2.33 bits per heavy atom. The van der Waals surface area contributed by atoms with Gasteiger partial charge in [-0.3, -0.25) is 9.78 Å². The number of nitrogens with one attached hydrogen (secondary N) is 1. The van der Waals surface area contributed by atoms with Crippen molar-refractivity contribution in [3.63, 3.8) is 0 Å². The molecule has 1 unspecified atom stereocenters. The number of halogens is 1. The van der Waals surface area contributed by atoms with Gasteiger partial charge in [-0.1, -0.05) is 0 Å². The zero-order valence-electron chi connectivity index (χ0n) is 11.8. The van der Waals surface area contributed by atoms with Gasteiger partial charge in [0.15, 0.2) is 0 Å². The highest BCUT2D eigenvalue weighted by molar-refractivity contribution is 9.10. The van der Waals surface area contributed by atoms with Crippen LogP contribution >= 0.6 is 15.9 Å². The topological polar surface area (TPSA) is 71.2 Å². The maximum Gasteiger partial charge on any atom is 0.217 e. The number of carbonyl (C=O) groups is 1.